The standard InChI is InChI=1S/C38H35N5O6S/c1-24-18-25(2)20-28(19-24)37(45)42-33(21-26-12-14-27(15-13-26)35-16-17-41-49-35)38(46)43(50(47,48)30-8-4-3-5-9-30)34(36(39)44)22-29-23-40-32-11-7-6-10-31(29)32/h3-20,23,33-34,40H,21-22H2,1-2H3,(H2,39,44)(H,42,45)/t33-,34+/m1/s1. The minimum Gasteiger partial charge on any atom is -0.368 e. The molecule has 11 nitrogen and oxygen atoms in total. The maximum absolute atomic E-state index is 14.9. The number of para-hydroxylation sites is 1. The van der Waals surface area contributed by atoms with Gasteiger partial charge < -0.3 is 20.6 Å². The van der Waals surface area contributed by atoms with Crippen molar-refractivity contribution < 1.29 is 27.3 Å². The maximum atomic E-state index is 14.9. The molecule has 0 unspecified atom stereocenters. The van der Waals surface area contributed by atoms with E-state index in [2.05, 4.69) is 15.5 Å². The molecule has 0 fully saturated rings. The molecule has 0 aliphatic heterocycles. The Morgan fingerprint density at radius 1 is 0.880 bits per heavy atom. The van der Waals surface area contributed by atoms with Gasteiger partial charge in [0.15, 0.2) is 5.76 Å². The number of primary amides is 1. The first-order valence-corrected chi connectivity index (χ1v) is 17.3. The summed E-state index contributed by atoms with van der Waals surface area (Å²) in [7, 11) is -4.69. The number of hydrogen-bond donors (Lipinski definition) is 3. The number of fused-ring (bicyclic) bond motifs is 1. The largest absolute Gasteiger partial charge is 0.368 e. The maximum Gasteiger partial charge on any atom is 0.267 e. The number of H-pyrrole nitrogens is 1. The van der Waals surface area contributed by atoms with E-state index in [0.717, 1.165) is 27.6 Å². The van der Waals surface area contributed by atoms with Gasteiger partial charge in [0, 0.05) is 47.1 Å². The molecule has 0 radical (unpaired) electrons. The topological polar surface area (TPSA) is 168 Å². The Kier molecular flexibility index (Phi) is 9.64. The predicted molar refractivity (Wildman–Crippen MR) is 188 cm³/mol. The van der Waals surface area contributed by atoms with Gasteiger partial charge in [0.2, 0.25) is 5.91 Å². The van der Waals surface area contributed by atoms with E-state index in [4.69, 9.17) is 10.3 Å². The highest BCUT2D eigenvalue weighted by Crippen LogP contribution is 2.27. The van der Waals surface area contributed by atoms with Crippen LogP contribution in [0.15, 0.2) is 125 Å². The van der Waals surface area contributed by atoms with Crippen molar-refractivity contribution in [2.24, 2.45) is 5.73 Å². The monoisotopic (exact) mass is 689 g/mol. The van der Waals surface area contributed by atoms with E-state index in [9.17, 15) is 22.8 Å². The van der Waals surface area contributed by atoms with E-state index >= 15 is 0 Å². The van der Waals surface area contributed by atoms with Crippen LogP contribution in [0.1, 0.15) is 32.6 Å². The van der Waals surface area contributed by atoms with Gasteiger partial charge in [-0.1, -0.05) is 83.0 Å². The lowest BCUT2D eigenvalue weighted by Crippen LogP contribution is -2.58. The van der Waals surface area contributed by atoms with E-state index in [1.54, 1.807) is 54.7 Å². The van der Waals surface area contributed by atoms with Gasteiger partial charge in [-0.2, -0.15) is 0 Å². The average Bonchev–Trinajstić information content (AvgIpc) is 3.79. The number of aryl methyl sites for hydroxylation is 2. The van der Waals surface area contributed by atoms with Crippen LogP contribution < -0.4 is 11.1 Å². The van der Waals surface area contributed by atoms with E-state index < -0.39 is 39.8 Å². The molecule has 0 spiro atoms. The number of benzene rings is 4. The summed E-state index contributed by atoms with van der Waals surface area (Å²) in [5, 5.41) is 7.27. The third-order valence-corrected chi connectivity index (χ3v) is 10.2. The van der Waals surface area contributed by atoms with Gasteiger partial charge in [0.05, 0.1) is 11.1 Å². The van der Waals surface area contributed by atoms with Gasteiger partial charge in [0.25, 0.3) is 21.8 Å². The molecular weight excluding hydrogens is 655 g/mol. The molecule has 0 aliphatic rings. The fourth-order valence-electron chi connectivity index (χ4n) is 6.06. The van der Waals surface area contributed by atoms with Crippen molar-refractivity contribution in [3.8, 4) is 11.3 Å². The van der Waals surface area contributed by atoms with Crippen LogP contribution in [-0.4, -0.2) is 52.7 Å². The summed E-state index contributed by atoms with van der Waals surface area (Å²) >= 11 is 0. The van der Waals surface area contributed by atoms with E-state index in [1.807, 2.05) is 44.2 Å². The number of carbonyl (C=O) groups is 3. The van der Waals surface area contributed by atoms with E-state index in [1.165, 1.54) is 30.5 Å². The van der Waals surface area contributed by atoms with E-state index in [0.29, 0.717) is 26.8 Å². The Balaban J connectivity index is 1.44. The molecule has 0 aliphatic carbocycles. The van der Waals surface area contributed by atoms with Crippen molar-refractivity contribution in [1.82, 2.24) is 19.8 Å². The molecule has 4 aromatic carbocycles. The van der Waals surface area contributed by atoms with Gasteiger partial charge in [-0.25, -0.2) is 12.7 Å². The number of aromatic nitrogens is 2. The molecule has 2 heterocycles. The van der Waals surface area contributed by atoms with Crippen molar-refractivity contribution in [1.29, 1.82) is 0 Å². The molecule has 6 aromatic rings. The number of rotatable bonds is 12. The van der Waals surface area contributed by atoms with Crippen LogP contribution in [0.2, 0.25) is 0 Å². The number of hydrogen-bond acceptors (Lipinski definition) is 7. The van der Waals surface area contributed by atoms with Crippen molar-refractivity contribution >= 4 is 38.6 Å². The summed E-state index contributed by atoms with van der Waals surface area (Å²) in [6, 6.07) is 25.6. The molecule has 0 bridgehead atoms. The third kappa shape index (κ3) is 7.20. The highest BCUT2D eigenvalue weighted by atomic mass is 32.2. The Labute approximate surface area is 289 Å². The first-order valence-electron chi connectivity index (χ1n) is 15.9. The molecule has 6 rings (SSSR count). The first kappa shape index (κ1) is 33.9. The zero-order valence-corrected chi connectivity index (χ0v) is 28.2. The van der Waals surface area contributed by atoms with Crippen molar-refractivity contribution in [2.45, 2.75) is 43.7 Å². The summed E-state index contributed by atoms with van der Waals surface area (Å²) in [6.45, 7) is 3.69. The quantitative estimate of drug-likeness (QED) is 0.161. The van der Waals surface area contributed by atoms with Crippen LogP contribution in [0.3, 0.4) is 0 Å². The Morgan fingerprint density at radius 2 is 1.56 bits per heavy atom. The van der Waals surface area contributed by atoms with Gasteiger partial charge >= 0.3 is 0 Å². The number of aromatic amines is 1. The molecule has 2 aromatic heterocycles. The molecule has 254 valence electrons. The molecule has 50 heavy (non-hydrogen) atoms. The van der Waals surface area contributed by atoms with Crippen LogP contribution in [0, 0.1) is 13.8 Å². The molecular formula is C38H35N5O6S. The molecule has 3 amide bonds. The molecule has 4 N–H and O–H groups in total. The van der Waals surface area contributed by atoms with Crippen LogP contribution in [0.25, 0.3) is 22.2 Å². The summed E-state index contributed by atoms with van der Waals surface area (Å²) in [5.41, 5.74) is 10.6. The van der Waals surface area contributed by atoms with Gasteiger partial charge in [-0.3, -0.25) is 14.4 Å². The van der Waals surface area contributed by atoms with Crippen molar-refractivity contribution in [2.75, 3.05) is 0 Å². The molecule has 0 saturated carbocycles. The Bertz CT molecular complexity index is 2250. The zero-order valence-electron chi connectivity index (χ0n) is 27.4. The summed E-state index contributed by atoms with van der Waals surface area (Å²) < 4.78 is 34.7. The molecule has 2 atom stereocenters. The minimum atomic E-state index is -4.69. The Hall–Kier alpha value is -6.01. The fourth-order valence-corrected chi connectivity index (χ4v) is 7.67. The summed E-state index contributed by atoms with van der Waals surface area (Å²) in [5.74, 6) is -2.10. The lowest BCUT2D eigenvalue weighted by Gasteiger charge is -2.32. The number of nitrogens with one attached hydrogen (secondary N) is 2. The predicted octanol–water partition coefficient (Wildman–Crippen LogP) is 5.09. The average molecular weight is 690 g/mol. The van der Waals surface area contributed by atoms with E-state index in [-0.39, 0.29) is 17.7 Å². The van der Waals surface area contributed by atoms with Crippen LogP contribution in [0.4, 0.5) is 0 Å². The molecule has 12 heteroatoms. The van der Waals surface area contributed by atoms with Crippen LogP contribution in [0.5, 0.6) is 0 Å². The van der Waals surface area contributed by atoms with Crippen LogP contribution >= 0.6 is 0 Å². The first-order chi connectivity index (χ1) is 24.0. The minimum absolute atomic E-state index is 0.106. The fraction of sp³-hybridized carbons (Fsp3) is 0.158. The Morgan fingerprint density at radius 3 is 2.22 bits per heavy atom. The number of amides is 3. The van der Waals surface area contributed by atoms with Gasteiger partial charge in [-0.05, 0) is 55.3 Å². The van der Waals surface area contributed by atoms with Crippen molar-refractivity contribution in [3.63, 3.8) is 0 Å². The number of nitrogens with two attached hydrogens (primary N) is 1. The third-order valence-electron chi connectivity index (χ3n) is 8.42. The highest BCUT2D eigenvalue weighted by Gasteiger charge is 2.42. The summed E-state index contributed by atoms with van der Waals surface area (Å²) in [4.78, 5) is 44.8. The lowest BCUT2D eigenvalue weighted by molar-refractivity contribution is -0.135. The summed E-state index contributed by atoms with van der Waals surface area (Å²) in [6.07, 6.45) is 2.87. The van der Waals surface area contributed by atoms with Crippen LogP contribution in [-0.2, 0) is 32.5 Å². The number of sulfonamides is 1. The smallest absolute Gasteiger partial charge is 0.267 e. The molecule has 0 saturated heterocycles. The second-order valence-corrected chi connectivity index (χ2v) is 13.9. The zero-order chi connectivity index (χ0) is 35.4. The second kappa shape index (κ2) is 14.2. The highest BCUT2D eigenvalue weighted by molar-refractivity contribution is 7.89. The van der Waals surface area contributed by atoms with Gasteiger partial charge in [-0.15, -0.1) is 0 Å². The SMILES string of the molecule is Cc1cc(C)cc(C(=O)N[C@H](Cc2ccc(-c3ccno3)cc2)C(=O)N([C@@H](Cc2c[nH]c3ccccc23)C(N)=O)S(=O)(=O)c2ccccc2)c1. The van der Waals surface area contributed by atoms with Gasteiger partial charge in [0.1, 0.15) is 12.1 Å². The normalized spacial score (nSPS) is 12.7. The second-order valence-electron chi connectivity index (χ2n) is 12.1. The number of carbonyl (C=O) groups excluding carboxylic acids is 3. The lowest BCUT2D eigenvalue weighted by atomic mass is 10.00. The van der Waals surface area contributed by atoms with Crippen molar-refractivity contribution in [3.05, 3.63) is 143 Å². The number of nitrogens with zero attached hydrogens (tertiary/aromatic N) is 2.